The molecule has 0 saturated heterocycles. The maximum absolute atomic E-state index is 11.1. The third-order valence-electron chi connectivity index (χ3n) is 3.39. The number of hydrogen-bond acceptors (Lipinski definition) is 4. The van der Waals surface area contributed by atoms with Gasteiger partial charge in [-0.05, 0) is 25.1 Å². The highest BCUT2D eigenvalue weighted by atomic mass is 32.1. The quantitative estimate of drug-likeness (QED) is 0.758. The molecule has 1 unspecified atom stereocenters. The van der Waals surface area contributed by atoms with Gasteiger partial charge in [-0.1, -0.05) is 18.2 Å². The van der Waals surface area contributed by atoms with Crippen LogP contribution in [0.3, 0.4) is 0 Å². The first-order valence-corrected chi connectivity index (χ1v) is 7.60. The second-order valence-corrected chi connectivity index (χ2v) is 5.95. The maximum Gasteiger partial charge on any atom is 0.249 e. The van der Waals surface area contributed by atoms with Crippen LogP contribution in [0.4, 0.5) is 0 Å². The van der Waals surface area contributed by atoms with E-state index in [1.54, 1.807) is 5.38 Å². The van der Waals surface area contributed by atoms with E-state index in [2.05, 4.69) is 18.3 Å². The van der Waals surface area contributed by atoms with Crippen LogP contribution in [-0.2, 0) is 6.54 Å². The van der Waals surface area contributed by atoms with Crippen molar-refractivity contribution in [3.63, 3.8) is 0 Å². The van der Waals surface area contributed by atoms with Gasteiger partial charge < -0.3 is 15.5 Å². The summed E-state index contributed by atoms with van der Waals surface area (Å²) in [4.78, 5) is 12.1. The van der Waals surface area contributed by atoms with Crippen molar-refractivity contribution in [3.8, 4) is 0 Å². The molecule has 1 atom stereocenters. The monoisotopic (exact) mass is 300 g/mol. The first-order valence-electron chi connectivity index (χ1n) is 6.72. The number of carbonyl (C=O) groups is 1. The number of amides is 1. The molecule has 21 heavy (non-hydrogen) atoms. The lowest BCUT2D eigenvalue weighted by molar-refractivity contribution is 0.100. The number of nitrogens with one attached hydrogen (secondary N) is 1. The third kappa shape index (κ3) is 2.99. The fraction of sp³-hybridized carbons (Fsp3) is 0.188. The summed E-state index contributed by atoms with van der Waals surface area (Å²) in [6, 6.07) is 11.9. The molecule has 3 rings (SSSR count). The average molecular weight is 300 g/mol. The number of fused-ring (bicyclic) bond motifs is 1. The van der Waals surface area contributed by atoms with Gasteiger partial charge in [0.05, 0.1) is 11.6 Å². The highest BCUT2D eigenvalue weighted by Crippen LogP contribution is 2.24. The Labute approximate surface area is 126 Å². The molecule has 3 aromatic rings. The number of para-hydroxylation sites is 1. The molecule has 0 fully saturated rings. The summed E-state index contributed by atoms with van der Waals surface area (Å²) >= 11 is 1.53. The first kappa shape index (κ1) is 13.9. The molecule has 3 N–H and O–H groups in total. The summed E-state index contributed by atoms with van der Waals surface area (Å²) in [5, 5.41) is 6.28. The normalized spacial score (nSPS) is 12.6. The molecule has 1 amide bonds. The molecule has 0 bridgehead atoms. The van der Waals surface area contributed by atoms with Crippen LogP contribution in [-0.4, -0.2) is 5.91 Å². The van der Waals surface area contributed by atoms with Gasteiger partial charge in [0.1, 0.15) is 11.3 Å². The van der Waals surface area contributed by atoms with Gasteiger partial charge >= 0.3 is 0 Å². The summed E-state index contributed by atoms with van der Waals surface area (Å²) in [5.74, 6) is 0.519. The van der Waals surface area contributed by atoms with E-state index in [-0.39, 0.29) is 11.9 Å². The van der Waals surface area contributed by atoms with Crippen molar-refractivity contribution in [2.75, 3.05) is 0 Å². The molecular weight excluding hydrogens is 284 g/mol. The zero-order valence-electron chi connectivity index (χ0n) is 11.6. The highest BCUT2D eigenvalue weighted by molar-refractivity contribution is 7.10. The van der Waals surface area contributed by atoms with Crippen LogP contribution < -0.4 is 11.1 Å². The summed E-state index contributed by atoms with van der Waals surface area (Å²) in [6.07, 6.45) is 0. The molecule has 0 aliphatic heterocycles. The predicted molar refractivity (Wildman–Crippen MR) is 84.3 cm³/mol. The van der Waals surface area contributed by atoms with Crippen molar-refractivity contribution in [1.82, 2.24) is 5.32 Å². The number of nitrogens with two attached hydrogens (primary N) is 1. The SMILES string of the molecule is CC(NCc1cc(C(N)=O)cs1)c1cc2ccccc2o1. The molecule has 0 saturated carbocycles. The largest absolute Gasteiger partial charge is 0.459 e. The van der Waals surface area contributed by atoms with Crippen LogP contribution >= 0.6 is 11.3 Å². The lowest BCUT2D eigenvalue weighted by atomic mass is 10.2. The standard InChI is InChI=1S/C16H16N2O2S/c1-10(15-7-11-4-2-3-5-14(11)20-15)18-8-13-6-12(9-21-13)16(17)19/h2-7,9-10,18H,8H2,1H3,(H2,17,19). The molecule has 4 nitrogen and oxygen atoms in total. The number of furan rings is 1. The molecule has 0 aliphatic rings. The third-order valence-corrected chi connectivity index (χ3v) is 4.33. The Balaban J connectivity index is 1.67. The minimum absolute atomic E-state index is 0.0940. The van der Waals surface area contributed by atoms with Crippen LogP contribution in [0.2, 0.25) is 0 Å². The summed E-state index contributed by atoms with van der Waals surface area (Å²) in [5.41, 5.74) is 6.71. The number of primary amides is 1. The number of rotatable bonds is 5. The zero-order valence-corrected chi connectivity index (χ0v) is 12.4. The van der Waals surface area contributed by atoms with Gasteiger partial charge in [-0.2, -0.15) is 0 Å². The number of benzene rings is 1. The second-order valence-electron chi connectivity index (χ2n) is 4.96. The molecule has 5 heteroatoms. The summed E-state index contributed by atoms with van der Waals surface area (Å²) in [7, 11) is 0. The van der Waals surface area contributed by atoms with Gasteiger partial charge in [-0.3, -0.25) is 4.79 Å². The molecule has 2 aromatic heterocycles. The minimum Gasteiger partial charge on any atom is -0.459 e. The lowest BCUT2D eigenvalue weighted by Crippen LogP contribution is -2.17. The van der Waals surface area contributed by atoms with Gasteiger partial charge in [-0.25, -0.2) is 0 Å². The summed E-state index contributed by atoms with van der Waals surface area (Å²) < 4.78 is 5.83. The smallest absolute Gasteiger partial charge is 0.249 e. The zero-order chi connectivity index (χ0) is 14.8. The first-order chi connectivity index (χ1) is 10.1. The Kier molecular flexibility index (Phi) is 3.77. The van der Waals surface area contributed by atoms with Crippen molar-refractivity contribution in [3.05, 3.63) is 58.0 Å². The van der Waals surface area contributed by atoms with E-state index in [0.717, 1.165) is 21.6 Å². The van der Waals surface area contributed by atoms with Gasteiger partial charge in [0.2, 0.25) is 5.91 Å². The van der Waals surface area contributed by atoms with E-state index in [1.165, 1.54) is 11.3 Å². The summed E-state index contributed by atoms with van der Waals surface area (Å²) in [6.45, 7) is 2.73. The molecule has 0 spiro atoms. The Bertz CT molecular complexity index is 742. The molecule has 108 valence electrons. The van der Waals surface area contributed by atoms with E-state index >= 15 is 0 Å². The van der Waals surface area contributed by atoms with Crippen molar-refractivity contribution < 1.29 is 9.21 Å². The van der Waals surface area contributed by atoms with Crippen LogP contribution in [0.15, 0.2) is 46.2 Å². The van der Waals surface area contributed by atoms with E-state index in [1.807, 2.05) is 30.3 Å². The Morgan fingerprint density at radius 3 is 2.90 bits per heavy atom. The lowest BCUT2D eigenvalue weighted by Gasteiger charge is -2.09. The predicted octanol–water partition coefficient (Wildman–Crippen LogP) is 3.44. The van der Waals surface area contributed by atoms with E-state index in [4.69, 9.17) is 10.2 Å². The van der Waals surface area contributed by atoms with Crippen molar-refractivity contribution in [1.29, 1.82) is 0 Å². The highest BCUT2D eigenvalue weighted by Gasteiger charge is 2.12. The minimum atomic E-state index is -0.386. The van der Waals surface area contributed by atoms with Gasteiger partial charge in [-0.15, -0.1) is 11.3 Å². The van der Waals surface area contributed by atoms with E-state index in [9.17, 15) is 4.79 Å². The number of thiophene rings is 1. The number of hydrogen-bond donors (Lipinski definition) is 2. The maximum atomic E-state index is 11.1. The fourth-order valence-corrected chi connectivity index (χ4v) is 3.00. The average Bonchev–Trinajstić information content (AvgIpc) is 3.11. The second kappa shape index (κ2) is 5.71. The Morgan fingerprint density at radius 2 is 2.19 bits per heavy atom. The van der Waals surface area contributed by atoms with Crippen molar-refractivity contribution in [2.24, 2.45) is 5.73 Å². The van der Waals surface area contributed by atoms with E-state index < -0.39 is 0 Å². The number of carbonyl (C=O) groups excluding carboxylic acids is 1. The van der Waals surface area contributed by atoms with Gasteiger partial charge in [0, 0.05) is 22.2 Å². The molecular formula is C16H16N2O2S. The van der Waals surface area contributed by atoms with Crippen molar-refractivity contribution in [2.45, 2.75) is 19.5 Å². The van der Waals surface area contributed by atoms with Crippen molar-refractivity contribution >= 4 is 28.2 Å². The van der Waals surface area contributed by atoms with E-state index in [0.29, 0.717) is 12.1 Å². The van der Waals surface area contributed by atoms with Crippen LogP contribution in [0.5, 0.6) is 0 Å². The van der Waals surface area contributed by atoms with Gasteiger partial charge in [0.25, 0.3) is 0 Å². The Hall–Kier alpha value is -2.11. The fourth-order valence-electron chi connectivity index (χ4n) is 2.17. The molecule has 0 aliphatic carbocycles. The van der Waals surface area contributed by atoms with Crippen LogP contribution in [0.25, 0.3) is 11.0 Å². The molecule has 0 radical (unpaired) electrons. The van der Waals surface area contributed by atoms with Gasteiger partial charge in [0.15, 0.2) is 0 Å². The topological polar surface area (TPSA) is 68.3 Å². The molecule has 2 heterocycles. The Morgan fingerprint density at radius 1 is 1.38 bits per heavy atom. The van der Waals surface area contributed by atoms with Crippen LogP contribution in [0, 0.1) is 0 Å². The molecule has 1 aromatic carbocycles. The van der Waals surface area contributed by atoms with Crippen LogP contribution in [0.1, 0.15) is 34.0 Å².